The Hall–Kier alpha value is -3.91. The van der Waals surface area contributed by atoms with Crippen molar-refractivity contribution in [3.63, 3.8) is 0 Å². The lowest BCUT2D eigenvalue weighted by molar-refractivity contribution is -0.385. The maximum atomic E-state index is 12.7. The van der Waals surface area contributed by atoms with E-state index in [9.17, 15) is 34.9 Å². The zero-order valence-corrected chi connectivity index (χ0v) is 21.2. The highest BCUT2D eigenvalue weighted by atomic mass is 32.1. The van der Waals surface area contributed by atoms with E-state index in [4.69, 9.17) is 9.47 Å². The van der Waals surface area contributed by atoms with Crippen molar-refractivity contribution >= 4 is 36.2 Å². The first-order valence-electron chi connectivity index (χ1n) is 11.8. The summed E-state index contributed by atoms with van der Waals surface area (Å²) in [5.41, 5.74) is 1.08. The number of hydrogen-bond donors (Lipinski definition) is 3. The third kappa shape index (κ3) is 8.31. The Kier molecular flexibility index (Phi) is 10.2. The van der Waals surface area contributed by atoms with Gasteiger partial charge in [0.1, 0.15) is 13.2 Å². The molecule has 14 heteroatoms. The van der Waals surface area contributed by atoms with Gasteiger partial charge in [0.15, 0.2) is 0 Å². The van der Waals surface area contributed by atoms with Crippen molar-refractivity contribution in [3.8, 4) is 0 Å². The largest absolute Gasteiger partial charge is 0.445 e. The van der Waals surface area contributed by atoms with Gasteiger partial charge in [0.2, 0.25) is 0 Å². The van der Waals surface area contributed by atoms with Crippen LogP contribution >= 0.6 is 12.6 Å². The van der Waals surface area contributed by atoms with E-state index in [2.05, 4.69) is 17.9 Å². The molecule has 1 aliphatic heterocycles. The summed E-state index contributed by atoms with van der Waals surface area (Å²) in [6.07, 6.45) is -0.936. The summed E-state index contributed by atoms with van der Waals surface area (Å²) < 4.78 is 10.4. The van der Waals surface area contributed by atoms with E-state index >= 15 is 0 Å². The van der Waals surface area contributed by atoms with Gasteiger partial charge in [-0.3, -0.25) is 20.2 Å². The number of aliphatic hydroxyl groups is 1. The average molecular weight is 549 g/mol. The van der Waals surface area contributed by atoms with Gasteiger partial charge < -0.3 is 24.8 Å². The number of nitrogens with zero attached hydrogens (tertiary/aromatic N) is 3. The highest BCUT2D eigenvalue weighted by molar-refractivity contribution is 7.81. The van der Waals surface area contributed by atoms with Gasteiger partial charge in [-0.2, -0.15) is 12.6 Å². The third-order valence-corrected chi connectivity index (χ3v) is 6.35. The number of nitro benzene ring substituents is 2. The van der Waals surface area contributed by atoms with Gasteiger partial charge in [0.25, 0.3) is 11.4 Å². The summed E-state index contributed by atoms with van der Waals surface area (Å²) in [4.78, 5) is 46.4. The quantitative estimate of drug-likeness (QED) is 0.164. The van der Waals surface area contributed by atoms with Crippen LogP contribution in [0.25, 0.3) is 0 Å². The first kappa shape index (κ1) is 28.7. The van der Waals surface area contributed by atoms with E-state index in [1.807, 2.05) is 0 Å². The van der Waals surface area contributed by atoms with Crippen LogP contribution in [0.1, 0.15) is 30.4 Å². The van der Waals surface area contributed by atoms with Crippen molar-refractivity contribution in [3.05, 3.63) is 79.9 Å². The first-order valence-corrected chi connectivity index (χ1v) is 12.3. The van der Waals surface area contributed by atoms with E-state index in [0.717, 1.165) is 0 Å². The van der Waals surface area contributed by atoms with Gasteiger partial charge in [-0.25, -0.2) is 9.59 Å². The van der Waals surface area contributed by atoms with E-state index in [-0.39, 0.29) is 36.4 Å². The highest BCUT2D eigenvalue weighted by Crippen LogP contribution is 2.27. The molecule has 1 fully saturated rings. The molecule has 13 nitrogen and oxygen atoms in total. The van der Waals surface area contributed by atoms with Gasteiger partial charge >= 0.3 is 12.2 Å². The summed E-state index contributed by atoms with van der Waals surface area (Å²) in [5, 5.41) is 34.6. The van der Waals surface area contributed by atoms with Gasteiger partial charge in [-0.05, 0) is 54.7 Å². The predicted molar refractivity (Wildman–Crippen MR) is 138 cm³/mol. The van der Waals surface area contributed by atoms with Crippen LogP contribution in [0.3, 0.4) is 0 Å². The minimum atomic E-state index is -0.864. The summed E-state index contributed by atoms with van der Waals surface area (Å²) in [6, 6.07) is 10.8. The maximum absolute atomic E-state index is 12.7. The number of hydrogen-bond acceptors (Lipinski definition) is 10. The molecule has 0 spiro atoms. The van der Waals surface area contributed by atoms with Crippen molar-refractivity contribution in [2.75, 3.05) is 13.1 Å². The number of carbonyl (C=O) groups is 2. The van der Waals surface area contributed by atoms with Crippen LogP contribution in [0.2, 0.25) is 0 Å². The number of amides is 2. The van der Waals surface area contributed by atoms with Crippen molar-refractivity contribution in [2.45, 2.75) is 49.9 Å². The smallest absolute Gasteiger partial charge is 0.410 e. The molecule has 38 heavy (non-hydrogen) atoms. The van der Waals surface area contributed by atoms with E-state index in [1.54, 1.807) is 0 Å². The number of likely N-dealkylation sites (tertiary alicyclic amines) is 1. The maximum Gasteiger partial charge on any atom is 0.410 e. The molecule has 3 atom stereocenters. The number of aliphatic hydroxyl groups excluding tert-OH is 1. The third-order valence-electron chi connectivity index (χ3n) is 5.97. The molecule has 1 heterocycles. The number of benzene rings is 2. The van der Waals surface area contributed by atoms with Crippen molar-refractivity contribution in [1.82, 2.24) is 10.2 Å². The number of thiol groups is 1. The molecule has 0 unspecified atom stereocenters. The number of alkyl carbamates (subject to hydrolysis) is 1. The molecule has 2 amide bonds. The minimum Gasteiger partial charge on any atom is -0.445 e. The minimum absolute atomic E-state index is 0.0468. The Morgan fingerprint density at radius 1 is 1.00 bits per heavy atom. The van der Waals surface area contributed by atoms with Crippen LogP contribution < -0.4 is 5.32 Å². The Balaban J connectivity index is 1.38. The van der Waals surface area contributed by atoms with Crippen LogP contribution in [-0.2, 0) is 22.7 Å². The van der Waals surface area contributed by atoms with Crippen LogP contribution in [0, 0.1) is 20.2 Å². The predicted octanol–water partition coefficient (Wildman–Crippen LogP) is 3.58. The highest BCUT2D eigenvalue weighted by Gasteiger charge is 2.38. The summed E-state index contributed by atoms with van der Waals surface area (Å²) >= 11 is 4.44. The summed E-state index contributed by atoms with van der Waals surface area (Å²) in [5.74, 6) is 0. The zero-order chi connectivity index (χ0) is 27.7. The molecule has 0 aliphatic carbocycles. The molecule has 3 rings (SSSR count). The lowest BCUT2D eigenvalue weighted by Crippen LogP contribution is -2.43. The second-order valence-electron chi connectivity index (χ2n) is 8.72. The number of ether oxygens (including phenoxy) is 2. The van der Waals surface area contributed by atoms with E-state index in [0.29, 0.717) is 36.9 Å². The number of rotatable bonds is 11. The van der Waals surface area contributed by atoms with Crippen LogP contribution in [0.4, 0.5) is 21.0 Å². The van der Waals surface area contributed by atoms with Crippen LogP contribution in [0.15, 0.2) is 48.5 Å². The van der Waals surface area contributed by atoms with E-state index in [1.165, 1.54) is 53.4 Å². The lowest BCUT2D eigenvalue weighted by Gasteiger charge is -2.28. The molecule has 0 aromatic heterocycles. The molecule has 2 N–H and O–H groups in total. The fraction of sp³-hybridized carbons (Fsp3) is 0.417. The topological polar surface area (TPSA) is 174 Å². The molecule has 1 aliphatic rings. The number of nitrogens with one attached hydrogen (secondary N) is 1. The Bertz CT molecular complexity index is 1130. The van der Waals surface area contributed by atoms with Gasteiger partial charge in [0.05, 0.1) is 22.0 Å². The Labute approximate surface area is 223 Å². The van der Waals surface area contributed by atoms with Gasteiger partial charge in [0, 0.05) is 42.6 Å². The standard InChI is InChI=1S/C24H28N4O9S/c29-22(2-1-11-25-23(30)36-14-16-3-7-18(8-4-16)27(32)33)21-12-20(38)13-26(21)24(31)37-15-17-5-9-19(10-6-17)28(34)35/h3-10,20-22,29,38H,1-2,11-15H2,(H,25,30)/t20-,21-,22+/m0/s1. The summed E-state index contributed by atoms with van der Waals surface area (Å²) in [7, 11) is 0. The Morgan fingerprint density at radius 2 is 1.53 bits per heavy atom. The van der Waals surface area contributed by atoms with Crippen LogP contribution in [-0.4, -0.2) is 62.5 Å². The molecule has 0 radical (unpaired) electrons. The average Bonchev–Trinajstić information content (AvgIpc) is 3.30. The number of carbonyl (C=O) groups excluding carboxylic acids is 2. The summed E-state index contributed by atoms with van der Waals surface area (Å²) in [6.45, 7) is 0.420. The molecular formula is C24H28N4O9S. The van der Waals surface area contributed by atoms with Crippen molar-refractivity contribution in [2.24, 2.45) is 0 Å². The molecule has 0 bridgehead atoms. The van der Waals surface area contributed by atoms with E-state index < -0.39 is 34.2 Å². The fourth-order valence-electron chi connectivity index (χ4n) is 3.97. The van der Waals surface area contributed by atoms with Crippen molar-refractivity contribution < 1.29 is 34.0 Å². The molecule has 204 valence electrons. The van der Waals surface area contributed by atoms with Gasteiger partial charge in [-0.1, -0.05) is 0 Å². The van der Waals surface area contributed by atoms with Crippen LogP contribution in [0.5, 0.6) is 0 Å². The molecule has 0 saturated carbocycles. The normalized spacial score (nSPS) is 17.5. The fourth-order valence-corrected chi connectivity index (χ4v) is 4.36. The second-order valence-corrected chi connectivity index (χ2v) is 9.45. The Morgan fingerprint density at radius 3 is 2.05 bits per heavy atom. The second kappa shape index (κ2) is 13.6. The SMILES string of the molecule is O=C(NCCC[C@@H](O)[C@@H]1C[C@H](S)CN1C(=O)OCc1ccc([N+](=O)[O-])cc1)OCc1ccc([N+](=O)[O-])cc1. The first-order chi connectivity index (χ1) is 18.1. The van der Waals surface area contributed by atoms with Gasteiger partial charge in [-0.15, -0.1) is 0 Å². The monoisotopic (exact) mass is 548 g/mol. The molecule has 1 saturated heterocycles. The lowest BCUT2D eigenvalue weighted by atomic mass is 10.0. The number of non-ortho nitro benzene ring substituents is 2. The van der Waals surface area contributed by atoms with Crippen molar-refractivity contribution in [1.29, 1.82) is 0 Å². The number of nitro groups is 2. The zero-order valence-electron chi connectivity index (χ0n) is 20.3. The molecule has 2 aromatic carbocycles. The molecular weight excluding hydrogens is 520 g/mol. The molecule has 2 aromatic rings.